The van der Waals surface area contributed by atoms with Gasteiger partial charge in [0.1, 0.15) is 10.7 Å². The van der Waals surface area contributed by atoms with Crippen LogP contribution in [0.25, 0.3) is 9.88 Å². The molecular weight excluding hydrogens is 352 g/mol. The summed E-state index contributed by atoms with van der Waals surface area (Å²) >= 11 is 3.11. The number of thiazole rings is 1. The molecule has 0 radical (unpaired) electrons. The first-order chi connectivity index (χ1) is 12.2. The zero-order chi connectivity index (χ0) is 17.2. The van der Waals surface area contributed by atoms with Crippen molar-refractivity contribution in [2.45, 2.75) is 12.5 Å². The van der Waals surface area contributed by atoms with E-state index in [-0.39, 0.29) is 11.9 Å². The third-order valence-electron chi connectivity index (χ3n) is 4.19. The van der Waals surface area contributed by atoms with Gasteiger partial charge in [-0.25, -0.2) is 4.98 Å². The highest BCUT2D eigenvalue weighted by Gasteiger charge is 2.22. The monoisotopic (exact) mass is 370 g/mol. The van der Waals surface area contributed by atoms with Crippen LogP contribution in [0.5, 0.6) is 0 Å². The molecule has 1 amide bonds. The number of thiophene rings is 1. The maximum absolute atomic E-state index is 12.6. The highest BCUT2D eigenvalue weighted by molar-refractivity contribution is 7.20. The second kappa shape index (κ2) is 6.95. The first kappa shape index (κ1) is 16.3. The Morgan fingerprint density at radius 3 is 2.88 bits per heavy atom. The van der Waals surface area contributed by atoms with Crippen LogP contribution in [-0.2, 0) is 0 Å². The number of carbonyl (C=O) groups is 1. The molecule has 1 saturated heterocycles. The highest BCUT2D eigenvalue weighted by Crippen LogP contribution is 2.30. The van der Waals surface area contributed by atoms with Crippen molar-refractivity contribution < 1.29 is 4.79 Å². The summed E-state index contributed by atoms with van der Waals surface area (Å²) in [6.45, 7) is 1.72. The molecule has 25 heavy (non-hydrogen) atoms. The summed E-state index contributed by atoms with van der Waals surface area (Å²) in [5.41, 5.74) is 8.27. The predicted molar refractivity (Wildman–Crippen MR) is 105 cm³/mol. The molecule has 0 spiro atoms. The van der Waals surface area contributed by atoms with Crippen molar-refractivity contribution in [2.75, 3.05) is 23.3 Å². The Bertz CT molecular complexity index is 875. The van der Waals surface area contributed by atoms with Gasteiger partial charge < -0.3 is 16.0 Å². The molecule has 2 aromatic heterocycles. The third-order valence-corrected chi connectivity index (χ3v) is 6.07. The fourth-order valence-electron chi connectivity index (χ4n) is 2.94. The van der Waals surface area contributed by atoms with Crippen molar-refractivity contribution >= 4 is 40.0 Å². The molecule has 1 aromatic carbocycles. The quantitative estimate of drug-likeness (QED) is 0.735. The van der Waals surface area contributed by atoms with Crippen LogP contribution in [0.3, 0.4) is 0 Å². The van der Waals surface area contributed by atoms with Gasteiger partial charge in [0.25, 0.3) is 5.91 Å². The molecule has 1 aliphatic rings. The van der Waals surface area contributed by atoms with Crippen LogP contribution in [0.4, 0.5) is 11.4 Å². The lowest BCUT2D eigenvalue weighted by atomic mass is 10.2. The van der Waals surface area contributed by atoms with E-state index >= 15 is 0 Å². The maximum atomic E-state index is 12.6. The predicted octanol–water partition coefficient (Wildman–Crippen LogP) is 3.66. The van der Waals surface area contributed by atoms with Gasteiger partial charge in [0, 0.05) is 24.5 Å². The van der Waals surface area contributed by atoms with E-state index in [1.54, 1.807) is 16.7 Å². The topological polar surface area (TPSA) is 71.2 Å². The Hall–Kier alpha value is -2.22. The molecule has 1 aliphatic heterocycles. The number of hydrogen-bond donors (Lipinski definition) is 2. The van der Waals surface area contributed by atoms with Crippen molar-refractivity contribution in [3.63, 3.8) is 0 Å². The Kier molecular flexibility index (Phi) is 4.52. The molecule has 3 aromatic rings. The van der Waals surface area contributed by atoms with Crippen LogP contribution in [0, 0.1) is 0 Å². The van der Waals surface area contributed by atoms with Gasteiger partial charge in [-0.05, 0) is 30.0 Å². The zero-order valence-electron chi connectivity index (χ0n) is 13.5. The average Bonchev–Trinajstić information content (AvgIpc) is 3.36. The summed E-state index contributed by atoms with van der Waals surface area (Å²) in [7, 11) is 0. The van der Waals surface area contributed by atoms with E-state index in [0.29, 0.717) is 5.69 Å². The van der Waals surface area contributed by atoms with E-state index < -0.39 is 0 Å². The van der Waals surface area contributed by atoms with Gasteiger partial charge >= 0.3 is 0 Å². The van der Waals surface area contributed by atoms with Crippen LogP contribution in [0.2, 0.25) is 0 Å². The molecule has 1 fully saturated rings. The number of carbonyl (C=O) groups excluding carboxylic acids is 1. The zero-order valence-corrected chi connectivity index (χ0v) is 15.1. The smallest absolute Gasteiger partial charge is 0.275 e. The van der Waals surface area contributed by atoms with E-state index in [1.807, 2.05) is 41.8 Å². The lowest BCUT2D eigenvalue weighted by molar-refractivity contribution is 0.102. The maximum Gasteiger partial charge on any atom is 0.275 e. The van der Waals surface area contributed by atoms with Crippen molar-refractivity contribution in [3.05, 3.63) is 52.9 Å². The van der Waals surface area contributed by atoms with Crippen LogP contribution in [-0.4, -0.2) is 30.0 Å². The average molecular weight is 371 g/mol. The first-order valence-electron chi connectivity index (χ1n) is 8.11. The number of nitrogens with two attached hydrogens (primary N) is 1. The number of aromatic nitrogens is 1. The number of nitrogens with zero attached hydrogens (tertiary/aromatic N) is 2. The van der Waals surface area contributed by atoms with Crippen LogP contribution < -0.4 is 16.0 Å². The molecule has 0 unspecified atom stereocenters. The van der Waals surface area contributed by atoms with E-state index in [0.717, 1.165) is 40.8 Å². The van der Waals surface area contributed by atoms with Gasteiger partial charge in [0.2, 0.25) is 0 Å². The minimum Gasteiger partial charge on any atom is -0.368 e. The molecule has 5 nitrogen and oxygen atoms in total. The Morgan fingerprint density at radius 1 is 1.24 bits per heavy atom. The van der Waals surface area contributed by atoms with Crippen molar-refractivity contribution in [3.8, 4) is 9.88 Å². The molecule has 3 N–H and O–H groups in total. The molecule has 0 bridgehead atoms. The third kappa shape index (κ3) is 3.44. The summed E-state index contributed by atoms with van der Waals surface area (Å²) < 4.78 is 0. The van der Waals surface area contributed by atoms with E-state index in [2.05, 4.69) is 15.2 Å². The molecular formula is C18H18N4OS2. The summed E-state index contributed by atoms with van der Waals surface area (Å²) in [5, 5.41) is 7.69. The largest absolute Gasteiger partial charge is 0.368 e. The van der Waals surface area contributed by atoms with Crippen LogP contribution in [0.1, 0.15) is 16.9 Å². The minimum absolute atomic E-state index is 0.185. The number of amides is 1. The number of anilines is 2. The normalized spacial score (nSPS) is 17.0. The van der Waals surface area contributed by atoms with Crippen LogP contribution in [0.15, 0.2) is 47.2 Å². The van der Waals surface area contributed by atoms with Gasteiger partial charge in [-0.3, -0.25) is 4.79 Å². The van der Waals surface area contributed by atoms with Gasteiger partial charge in [-0.2, -0.15) is 0 Å². The van der Waals surface area contributed by atoms with Gasteiger partial charge in [0.15, 0.2) is 0 Å². The van der Waals surface area contributed by atoms with Gasteiger partial charge in [0.05, 0.1) is 16.3 Å². The van der Waals surface area contributed by atoms with E-state index in [4.69, 9.17) is 5.73 Å². The number of benzene rings is 1. The summed E-state index contributed by atoms with van der Waals surface area (Å²) in [6, 6.07) is 12.0. The summed E-state index contributed by atoms with van der Waals surface area (Å²) in [6.07, 6.45) is 0.971. The van der Waals surface area contributed by atoms with Gasteiger partial charge in [-0.1, -0.05) is 18.2 Å². The Morgan fingerprint density at radius 2 is 2.12 bits per heavy atom. The summed E-state index contributed by atoms with van der Waals surface area (Å²) in [5.74, 6) is -0.185. The number of nitrogens with one attached hydrogen (secondary N) is 1. The van der Waals surface area contributed by atoms with Crippen molar-refractivity contribution in [1.82, 2.24) is 4.98 Å². The molecule has 4 rings (SSSR count). The number of hydrogen-bond acceptors (Lipinski definition) is 6. The fourth-order valence-corrected chi connectivity index (χ4v) is 4.55. The summed E-state index contributed by atoms with van der Waals surface area (Å²) in [4.78, 5) is 20.4. The standard InChI is InChI=1S/C18H18N4OS2/c19-12-7-8-22(10-12)15-5-2-1-4-13(15)20-17(23)14-11-25-18(21-14)16-6-3-9-24-16/h1-6,9,11-12H,7-8,10,19H2,(H,20,23)/t12-/m0/s1. The first-order valence-corrected chi connectivity index (χ1v) is 9.87. The molecule has 0 aliphatic carbocycles. The minimum atomic E-state index is -0.185. The second-order valence-electron chi connectivity index (χ2n) is 5.98. The van der Waals surface area contributed by atoms with Crippen LogP contribution >= 0.6 is 22.7 Å². The van der Waals surface area contributed by atoms with E-state index in [9.17, 15) is 4.79 Å². The molecule has 1 atom stereocenters. The van der Waals surface area contributed by atoms with Gasteiger partial charge in [-0.15, -0.1) is 22.7 Å². The lowest BCUT2D eigenvalue weighted by Gasteiger charge is -2.21. The number of para-hydroxylation sites is 2. The molecule has 3 heterocycles. The molecule has 7 heteroatoms. The second-order valence-corrected chi connectivity index (χ2v) is 7.79. The Labute approximate surface area is 154 Å². The van der Waals surface area contributed by atoms with E-state index in [1.165, 1.54) is 11.3 Å². The van der Waals surface area contributed by atoms with Crippen molar-refractivity contribution in [2.24, 2.45) is 5.73 Å². The lowest BCUT2D eigenvalue weighted by Crippen LogP contribution is -2.27. The fraction of sp³-hybridized carbons (Fsp3) is 0.222. The molecule has 128 valence electrons. The molecule has 0 saturated carbocycles. The highest BCUT2D eigenvalue weighted by atomic mass is 32.1. The Balaban J connectivity index is 1.53. The van der Waals surface area contributed by atoms with Crippen molar-refractivity contribution in [1.29, 1.82) is 0 Å². The SMILES string of the molecule is N[C@H]1CCN(c2ccccc2NC(=O)c2csc(-c3cccs3)n2)C1. The number of rotatable bonds is 4.